The van der Waals surface area contributed by atoms with Gasteiger partial charge >= 0.3 is 5.97 Å². The number of carbonyl (C=O) groups is 1. The summed E-state index contributed by atoms with van der Waals surface area (Å²) in [6, 6.07) is 18.2. The van der Waals surface area contributed by atoms with Crippen LogP contribution in [0.5, 0.6) is 0 Å². The lowest BCUT2D eigenvalue weighted by atomic mass is 9.97. The van der Waals surface area contributed by atoms with E-state index >= 15 is 0 Å². The maximum absolute atomic E-state index is 12.9. The summed E-state index contributed by atoms with van der Waals surface area (Å²) < 4.78 is 10.8. The van der Waals surface area contributed by atoms with Crippen LogP contribution in [0, 0.1) is 0 Å². The Morgan fingerprint density at radius 2 is 1.20 bits per heavy atom. The van der Waals surface area contributed by atoms with E-state index in [2.05, 4.69) is 6.07 Å². The molecule has 0 bridgehead atoms. The predicted octanol–water partition coefficient (Wildman–Crippen LogP) is 6.20. The van der Waals surface area contributed by atoms with Gasteiger partial charge in [-0.3, -0.25) is 0 Å². The fourth-order valence-corrected chi connectivity index (χ4v) is 3.92. The third-order valence-electron chi connectivity index (χ3n) is 5.51. The molecule has 2 N–H and O–H groups in total. The van der Waals surface area contributed by atoms with E-state index in [-0.39, 0.29) is 5.97 Å². The molecule has 0 amide bonds. The van der Waals surface area contributed by atoms with Crippen LogP contribution in [-0.2, 0) is 9.47 Å². The number of rotatable bonds is 13. The molecule has 0 saturated heterocycles. The van der Waals surface area contributed by atoms with Crippen LogP contribution < -0.4 is 5.73 Å². The highest BCUT2D eigenvalue weighted by molar-refractivity contribution is 6.16. The summed E-state index contributed by atoms with van der Waals surface area (Å²) in [5, 5.41) is 4.05. The fraction of sp³-hybridized carbons (Fsp3) is 0.423. The molecule has 0 aliphatic heterocycles. The summed E-state index contributed by atoms with van der Waals surface area (Å²) in [6.07, 6.45) is 9.24. The molecule has 0 atom stereocenters. The first-order chi connectivity index (χ1) is 14.8. The number of hydrogen-bond acceptors (Lipinski definition) is 4. The van der Waals surface area contributed by atoms with Gasteiger partial charge in [0.05, 0.1) is 18.9 Å². The number of carbonyl (C=O) groups excluding carboxylic acids is 1. The van der Waals surface area contributed by atoms with Crippen LogP contribution >= 0.6 is 0 Å². The smallest absolute Gasteiger partial charge is 0.339 e. The molecule has 30 heavy (non-hydrogen) atoms. The average Bonchev–Trinajstić information content (AvgIpc) is 2.78. The SMILES string of the molecule is NCOCCCCCCCCCCOC(=O)c1c2ccccc2cc2ccccc12. The number of fused-ring (bicyclic) bond motifs is 2. The van der Waals surface area contributed by atoms with Crippen molar-refractivity contribution in [1.82, 2.24) is 0 Å². The molecular formula is C26H33NO3. The Morgan fingerprint density at radius 1 is 0.700 bits per heavy atom. The molecule has 0 fully saturated rings. The van der Waals surface area contributed by atoms with Crippen LogP contribution in [-0.4, -0.2) is 25.9 Å². The minimum absolute atomic E-state index is 0.220. The zero-order valence-corrected chi connectivity index (χ0v) is 17.8. The minimum atomic E-state index is -0.220. The molecule has 160 valence electrons. The Bertz CT molecular complexity index is 884. The number of unbranched alkanes of at least 4 members (excludes halogenated alkanes) is 7. The van der Waals surface area contributed by atoms with Crippen molar-refractivity contribution >= 4 is 27.5 Å². The van der Waals surface area contributed by atoms with Crippen LogP contribution in [0.3, 0.4) is 0 Å². The summed E-state index contributed by atoms with van der Waals surface area (Å²) in [6.45, 7) is 1.57. The molecule has 0 aliphatic carbocycles. The lowest BCUT2D eigenvalue weighted by Gasteiger charge is -2.11. The van der Waals surface area contributed by atoms with Gasteiger partial charge < -0.3 is 15.2 Å². The van der Waals surface area contributed by atoms with Gasteiger partial charge in [0.2, 0.25) is 0 Å². The van der Waals surface area contributed by atoms with E-state index in [9.17, 15) is 4.79 Å². The fourth-order valence-electron chi connectivity index (χ4n) is 3.92. The maximum atomic E-state index is 12.9. The molecule has 0 spiro atoms. The van der Waals surface area contributed by atoms with Gasteiger partial charge in [-0.25, -0.2) is 4.79 Å². The number of nitrogens with two attached hydrogens (primary N) is 1. The summed E-state index contributed by atoms with van der Waals surface area (Å²) >= 11 is 0. The summed E-state index contributed by atoms with van der Waals surface area (Å²) in [4.78, 5) is 12.9. The van der Waals surface area contributed by atoms with E-state index < -0.39 is 0 Å². The third kappa shape index (κ3) is 6.28. The Balaban J connectivity index is 1.43. The molecule has 0 radical (unpaired) electrons. The molecule has 0 aromatic heterocycles. The third-order valence-corrected chi connectivity index (χ3v) is 5.51. The van der Waals surface area contributed by atoms with Gasteiger partial charge in [0.1, 0.15) is 0 Å². The Kier molecular flexibility index (Phi) is 9.13. The zero-order chi connectivity index (χ0) is 21.0. The van der Waals surface area contributed by atoms with Crippen LogP contribution in [0.15, 0.2) is 54.6 Å². The van der Waals surface area contributed by atoms with Crippen molar-refractivity contribution < 1.29 is 14.3 Å². The van der Waals surface area contributed by atoms with E-state index in [1.807, 2.05) is 48.5 Å². The molecule has 3 aromatic rings. The monoisotopic (exact) mass is 407 g/mol. The van der Waals surface area contributed by atoms with Crippen LogP contribution in [0.25, 0.3) is 21.5 Å². The van der Waals surface area contributed by atoms with Gasteiger partial charge in [-0.05, 0) is 40.5 Å². The van der Waals surface area contributed by atoms with E-state index in [0.717, 1.165) is 47.4 Å². The number of ether oxygens (including phenoxy) is 2. The molecule has 0 aliphatic rings. The second-order valence-corrected chi connectivity index (χ2v) is 7.73. The topological polar surface area (TPSA) is 61.6 Å². The first kappa shape index (κ1) is 22.3. The predicted molar refractivity (Wildman–Crippen MR) is 124 cm³/mol. The van der Waals surface area contributed by atoms with Crippen molar-refractivity contribution in [3.05, 3.63) is 60.2 Å². The minimum Gasteiger partial charge on any atom is -0.462 e. The second-order valence-electron chi connectivity index (χ2n) is 7.73. The molecule has 4 heteroatoms. The highest BCUT2D eigenvalue weighted by atomic mass is 16.5. The van der Waals surface area contributed by atoms with E-state index in [1.54, 1.807) is 0 Å². The largest absolute Gasteiger partial charge is 0.462 e. The van der Waals surface area contributed by atoms with Crippen molar-refractivity contribution in [3.8, 4) is 0 Å². The molecule has 4 nitrogen and oxygen atoms in total. The van der Waals surface area contributed by atoms with Gasteiger partial charge in [-0.1, -0.05) is 87.1 Å². The van der Waals surface area contributed by atoms with Crippen LogP contribution in [0.1, 0.15) is 61.7 Å². The van der Waals surface area contributed by atoms with Crippen molar-refractivity contribution in [2.45, 2.75) is 51.4 Å². The molecule has 0 heterocycles. The van der Waals surface area contributed by atoms with E-state index in [0.29, 0.717) is 18.9 Å². The number of hydrogen-bond donors (Lipinski definition) is 1. The van der Waals surface area contributed by atoms with Crippen LogP contribution in [0.2, 0.25) is 0 Å². The van der Waals surface area contributed by atoms with Crippen molar-refractivity contribution in [3.63, 3.8) is 0 Å². The first-order valence-corrected chi connectivity index (χ1v) is 11.2. The second kappa shape index (κ2) is 12.3. The van der Waals surface area contributed by atoms with Gasteiger partial charge in [0.25, 0.3) is 0 Å². The molecule has 3 aromatic carbocycles. The molecular weight excluding hydrogens is 374 g/mol. The van der Waals surface area contributed by atoms with Gasteiger partial charge in [-0.15, -0.1) is 0 Å². The van der Waals surface area contributed by atoms with Crippen molar-refractivity contribution in [2.24, 2.45) is 5.73 Å². The normalized spacial score (nSPS) is 11.2. The highest BCUT2D eigenvalue weighted by Crippen LogP contribution is 2.29. The summed E-state index contributed by atoms with van der Waals surface area (Å²) in [5.74, 6) is -0.220. The standard InChI is InChI=1S/C26H33NO3/c27-20-29-17-11-5-3-1-2-4-6-12-18-30-26(28)25-23-15-9-7-13-21(23)19-22-14-8-10-16-24(22)25/h7-10,13-16,19H,1-6,11-12,17-18,20,27H2. The van der Waals surface area contributed by atoms with Gasteiger partial charge in [-0.2, -0.15) is 0 Å². The highest BCUT2D eigenvalue weighted by Gasteiger charge is 2.15. The summed E-state index contributed by atoms with van der Waals surface area (Å²) in [5.41, 5.74) is 5.98. The Hall–Kier alpha value is -2.43. The lowest BCUT2D eigenvalue weighted by Crippen LogP contribution is -2.08. The van der Waals surface area contributed by atoms with E-state index in [4.69, 9.17) is 15.2 Å². The van der Waals surface area contributed by atoms with Gasteiger partial charge in [0.15, 0.2) is 0 Å². The Morgan fingerprint density at radius 3 is 1.77 bits per heavy atom. The molecule has 0 saturated carbocycles. The number of benzene rings is 3. The quantitative estimate of drug-likeness (QED) is 0.158. The lowest BCUT2D eigenvalue weighted by molar-refractivity contribution is 0.0502. The molecule has 0 unspecified atom stereocenters. The van der Waals surface area contributed by atoms with Crippen molar-refractivity contribution in [1.29, 1.82) is 0 Å². The average molecular weight is 408 g/mol. The first-order valence-electron chi connectivity index (χ1n) is 11.2. The van der Waals surface area contributed by atoms with E-state index in [1.165, 1.54) is 32.1 Å². The molecule has 3 rings (SSSR count). The van der Waals surface area contributed by atoms with Crippen molar-refractivity contribution in [2.75, 3.05) is 19.9 Å². The summed E-state index contributed by atoms with van der Waals surface area (Å²) in [7, 11) is 0. The van der Waals surface area contributed by atoms with Gasteiger partial charge in [0, 0.05) is 6.61 Å². The Labute approximate surface area is 179 Å². The maximum Gasteiger partial charge on any atom is 0.339 e. The number of esters is 1. The van der Waals surface area contributed by atoms with Crippen LogP contribution in [0.4, 0.5) is 0 Å². The zero-order valence-electron chi connectivity index (χ0n) is 17.8.